The predicted octanol–water partition coefficient (Wildman–Crippen LogP) is 3.87. The molecular weight excluding hydrogens is 400 g/mol. The van der Waals surface area contributed by atoms with Gasteiger partial charge < -0.3 is 10.2 Å². The van der Waals surface area contributed by atoms with Crippen LogP contribution in [0.2, 0.25) is 5.02 Å². The van der Waals surface area contributed by atoms with Crippen molar-refractivity contribution in [2.75, 3.05) is 13.1 Å². The average molecular weight is 423 g/mol. The van der Waals surface area contributed by atoms with Crippen LogP contribution in [0.3, 0.4) is 0 Å². The third-order valence-corrected chi connectivity index (χ3v) is 5.64. The van der Waals surface area contributed by atoms with E-state index in [-0.39, 0.29) is 17.9 Å². The summed E-state index contributed by atoms with van der Waals surface area (Å²) in [5.41, 5.74) is 3.00. The topological polar surface area (TPSA) is 67.2 Å². The van der Waals surface area contributed by atoms with E-state index in [1.165, 1.54) is 0 Å². The number of benzene rings is 2. The Morgan fingerprint density at radius 1 is 1.10 bits per heavy atom. The van der Waals surface area contributed by atoms with Gasteiger partial charge in [-0.15, -0.1) is 0 Å². The van der Waals surface area contributed by atoms with E-state index in [4.69, 9.17) is 11.6 Å². The molecule has 4 rings (SSSR count). The lowest BCUT2D eigenvalue weighted by Gasteiger charge is -2.32. The van der Waals surface area contributed by atoms with Crippen molar-refractivity contribution in [3.63, 3.8) is 0 Å². The highest BCUT2D eigenvalue weighted by atomic mass is 35.5. The number of amides is 2. The molecule has 0 saturated carbocycles. The summed E-state index contributed by atoms with van der Waals surface area (Å²) in [4.78, 5) is 27.2. The van der Waals surface area contributed by atoms with Gasteiger partial charge in [-0.3, -0.25) is 9.59 Å². The van der Waals surface area contributed by atoms with Gasteiger partial charge in [0.2, 0.25) is 0 Å². The van der Waals surface area contributed by atoms with Crippen LogP contribution >= 0.6 is 11.6 Å². The number of piperidine rings is 1. The van der Waals surface area contributed by atoms with Crippen molar-refractivity contribution in [3.05, 3.63) is 82.6 Å². The zero-order valence-corrected chi connectivity index (χ0v) is 17.5. The molecule has 0 radical (unpaired) electrons. The summed E-state index contributed by atoms with van der Waals surface area (Å²) >= 11 is 6.04. The molecule has 154 valence electrons. The fourth-order valence-electron chi connectivity index (χ4n) is 3.69. The van der Waals surface area contributed by atoms with E-state index in [0.29, 0.717) is 29.2 Å². The molecule has 2 amide bonds. The second kappa shape index (κ2) is 8.71. The molecule has 1 aliphatic rings. The van der Waals surface area contributed by atoms with Crippen molar-refractivity contribution in [3.8, 4) is 5.69 Å². The highest BCUT2D eigenvalue weighted by Crippen LogP contribution is 2.18. The highest BCUT2D eigenvalue weighted by Gasteiger charge is 2.26. The number of nitrogens with zero attached hydrogens (tertiary/aromatic N) is 3. The van der Waals surface area contributed by atoms with Crippen LogP contribution in [-0.2, 0) is 0 Å². The minimum absolute atomic E-state index is 0.0491. The first-order valence-electron chi connectivity index (χ1n) is 9.97. The second-order valence-corrected chi connectivity index (χ2v) is 7.94. The Morgan fingerprint density at radius 3 is 2.60 bits per heavy atom. The molecule has 2 aromatic carbocycles. The van der Waals surface area contributed by atoms with Crippen LogP contribution in [0.25, 0.3) is 5.69 Å². The SMILES string of the molecule is Cc1ccccc1C(=O)NC1CCN(C(=O)c2cnn(-c3cccc(Cl)c3)c2)CC1. The molecule has 1 saturated heterocycles. The molecule has 0 spiro atoms. The molecule has 3 aromatic rings. The second-order valence-electron chi connectivity index (χ2n) is 7.51. The number of aryl methyl sites for hydroxylation is 1. The summed E-state index contributed by atoms with van der Waals surface area (Å²) in [5.74, 6) is -0.104. The molecule has 0 aliphatic carbocycles. The van der Waals surface area contributed by atoms with Gasteiger partial charge in [-0.05, 0) is 49.6 Å². The predicted molar refractivity (Wildman–Crippen MR) is 116 cm³/mol. The number of likely N-dealkylation sites (tertiary alicyclic amines) is 1. The van der Waals surface area contributed by atoms with Crippen molar-refractivity contribution in [1.29, 1.82) is 0 Å². The fraction of sp³-hybridized carbons (Fsp3) is 0.261. The van der Waals surface area contributed by atoms with Crippen molar-refractivity contribution >= 4 is 23.4 Å². The van der Waals surface area contributed by atoms with Crippen LogP contribution in [0.4, 0.5) is 0 Å². The molecule has 0 bridgehead atoms. The number of carbonyl (C=O) groups excluding carboxylic acids is 2. The summed E-state index contributed by atoms with van der Waals surface area (Å²) in [7, 11) is 0. The van der Waals surface area contributed by atoms with Crippen molar-refractivity contribution < 1.29 is 9.59 Å². The number of carbonyl (C=O) groups is 2. The van der Waals surface area contributed by atoms with Crippen LogP contribution < -0.4 is 5.32 Å². The normalized spacial score (nSPS) is 14.5. The van der Waals surface area contributed by atoms with Gasteiger partial charge in [-0.2, -0.15) is 5.10 Å². The van der Waals surface area contributed by atoms with Crippen LogP contribution in [-0.4, -0.2) is 45.6 Å². The van der Waals surface area contributed by atoms with Crippen molar-refractivity contribution in [2.24, 2.45) is 0 Å². The maximum atomic E-state index is 12.9. The number of aromatic nitrogens is 2. The number of rotatable bonds is 4. The summed E-state index contributed by atoms with van der Waals surface area (Å²) in [6.45, 7) is 3.12. The molecular formula is C23H23ClN4O2. The lowest BCUT2D eigenvalue weighted by atomic mass is 10.0. The number of hydrogen-bond donors (Lipinski definition) is 1. The Labute approximate surface area is 180 Å². The Morgan fingerprint density at radius 2 is 1.87 bits per heavy atom. The Balaban J connectivity index is 1.35. The Bertz CT molecular complexity index is 1070. The Kier molecular flexibility index (Phi) is 5.86. The summed E-state index contributed by atoms with van der Waals surface area (Å²) < 4.78 is 1.65. The van der Waals surface area contributed by atoms with Gasteiger partial charge in [0, 0.05) is 35.9 Å². The molecule has 30 heavy (non-hydrogen) atoms. The molecule has 0 unspecified atom stereocenters. The van der Waals surface area contributed by atoms with E-state index >= 15 is 0 Å². The van der Waals surface area contributed by atoms with Crippen LogP contribution in [0.15, 0.2) is 60.9 Å². The van der Waals surface area contributed by atoms with E-state index < -0.39 is 0 Å². The maximum absolute atomic E-state index is 12.9. The molecule has 1 fully saturated rings. The number of halogens is 1. The first kappa shape index (κ1) is 20.2. The van der Waals surface area contributed by atoms with E-state index in [9.17, 15) is 9.59 Å². The summed E-state index contributed by atoms with van der Waals surface area (Å²) in [6, 6.07) is 14.9. The minimum atomic E-state index is -0.0549. The minimum Gasteiger partial charge on any atom is -0.349 e. The van der Waals surface area contributed by atoms with E-state index in [1.807, 2.05) is 48.2 Å². The molecule has 1 aliphatic heterocycles. The monoisotopic (exact) mass is 422 g/mol. The van der Waals surface area contributed by atoms with E-state index in [0.717, 1.165) is 24.1 Å². The molecule has 7 heteroatoms. The largest absolute Gasteiger partial charge is 0.349 e. The zero-order valence-electron chi connectivity index (χ0n) is 16.7. The van der Waals surface area contributed by atoms with Crippen molar-refractivity contribution in [1.82, 2.24) is 20.0 Å². The fourth-order valence-corrected chi connectivity index (χ4v) is 3.88. The molecule has 1 N–H and O–H groups in total. The summed E-state index contributed by atoms with van der Waals surface area (Å²) in [5, 5.41) is 8.01. The van der Waals surface area contributed by atoms with Gasteiger partial charge >= 0.3 is 0 Å². The van der Waals surface area contributed by atoms with Gasteiger partial charge in [-0.1, -0.05) is 35.9 Å². The maximum Gasteiger partial charge on any atom is 0.257 e. The molecule has 6 nitrogen and oxygen atoms in total. The average Bonchev–Trinajstić information content (AvgIpc) is 3.24. The zero-order chi connectivity index (χ0) is 21.1. The number of nitrogens with one attached hydrogen (secondary N) is 1. The van der Waals surface area contributed by atoms with Crippen LogP contribution in [0.1, 0.15) is 39.1 Å². The van der Waals surface area contributed by atoms with Gasteiger partial charge in [0.15, 0.2) is 0 Å². The third-order valence-electron chi connectivity index (χ3n) is 5.41. The van der Waals surface area contributed by atoms with Gasteiger partial charge in [0.05, 0.1) is 17.4 Å². The van der Waals surface area contributed by atoms with Gasteiger partial charge in [0.1, 0.15) is 0 Å². The first-order valence-corrected chi connectivity index (χ1v) is 10.4. The lowest BCUT2D eigenvalue weighted by Crippen LogP contribution is -2.46. The number of hydrogen-bond acceptors (Lipinski definition) is 3. The van der Waals surface area contributed by atoms with Crippen LogP contribution in [0, 0.1) is 6.92 Å². The Hall–Kier alpha value is -3.12. The molecule has 2 heterocycles. The van der Waals surface area contributed by atoms with E-state index in [2.05, 4.69) is 10.4 Å². The lowest BCUT2D eigenvalue weighted by molar-refractivity contribution is 0.0698. The highest BCUT2D eigenvalue weighted by molar-refractivity contribution is 6.30. The summed E-state index contributed by atoms with van der Waals surface area (Å²) in [6.07, 6.45) is 4.76. The van der Waals surface area contributed by atoms with Crippen molar-refractivity contribution in [2.45, 2.75) is 25.8 Å². The third kappa shape index (κ3) is 4.39. The quantitative estimate of drug-likeness (QED) is 0.694. The molecule has 1 aromatic heterocycles. The standard InChI is InChI=1S/C23H23ClN4O2/c1-16-5-2-3-8-21(16)22(29)26-19-9-11-27(12-10-19)23(30)17-14-25-28(15-17)20-7-4-6-18(24)13-20/h2-8,13-15,19H,9-12H2,1H3,(H,26,29). The van der Waals surface area contributed by atoms with Gasteiger partial charge in [-0.25, -0.2) is 4.68 Å². The van der Waals surface area contributed by atoms with Gasteiger partial charge in [0.25, 0.3) is 11.8 Å². The van der Waals surface area contributed by atoms with E-state index in [1.54, 1.807) is 29.2 Å². The first-order chi connectivity index (χ1) is 14.5. The van der Waals surface area contributed by atoms with Crippen LogP contribution in [0.5, 0.6) is 0 Å². The molecule has 0 atom stereocenters. The smallest absolute Gasteiger partial charge is 0.257 e.